The van der Waals surface area contributed by atoms with Gasteiger partial charge in [0.1, 0.15) is 6.10 Å². The van der Waals surface area contributed by atoms with Gasteiger partial charge in [-0.1, -0.05) is 20.8 Å². The van der Waals surface area contributed by atoms with E-state index in [2.05, 4.69) is 33.9 Å². The van der Waals surface area contributed by atoms with E-state index in [0.717, 1.165) is 19.1 Å². The summed E-state index contributed by atoms with van der Waals surface area (Å²) < 4.78 is 33.6. The number of rotatable bonds is 6. The van der Waals surface area contributed by atoms with Gasteiger partial charge in [-0.3, -0.25) is 4.18 Å². The van der Waals surface area contributed by atoms with E-state index in [4.69, 9.17) is 8.61 Å². The first-order valence-electron chi connectivity index (χ1n) is 6.44. The Balaban J connectivity index is 2.58. The van der Waals surface area contributed by atoms with Gasteiger partial charge < -0.3 is 4.43 Å². The summed E-state index contributed by atoms with van der Waals surface area (Å²) in [5, 5.41) is 0.131. The van der Waals surface area contributed by atoms with E-state index in [0.29, 0.717) is 12.5 Å². The Bertz CT molecular complexity index is 379. The Labute approximate surface area is 112 Å². The molecule has 1 atom stereocenters. The lowest BCUT2D eigenvalue weighted by molar-refractivity contribution is 0.110. The third kappa shape index (κ3) is 4.99. The van der Waals surface area contributed by atoms with Crippen LogP contribution in [0.2, 0.25) is 18.1 Å². The molecule has 0 aromatic heterocycles. The number of hydrogen-bond donors (Lipinski definition) is 0. The standard InChI is InChI=1S/C12H26O4SSi/c1-12(2,3)18(5,6)15-9-11(10-7-8-10)16-17(4,13)14/h10-11H,7-9H2,1-6H3. The summed E-state index contributed by atoms with van der Waals surface area (Å²) in [6, 6.07) is 0. The monoisotopic (exact) mass is 294 g/mol. The fourth-order valence-electron chi connectivity index (χ4n) is 1.44. The molecule has 1 aliphatic carbocycles. The highest BCUT2D eigenvalue weighted by molar-refractivity contribution is 7.86. The van der Waals surface area contributed by atoms with Crippen molar-refractivity contribution < 1.29 is 17.0 Å². The van der Waals surface area contributed by atoms with Gasteiger partial charge in [0, 0.05) is 0 Å². The van der Waals surface area contributed by atoms with Gasteiger partial charge in [-0.05, 0) is 36.9 Å². The molecule has 6 heteroatoms. The first-order chi connectivity index (χ1) is 7.92. The van der Waals surface area contributed by atoms with Crippen LogP contribution >= 0.6 is 0 Å². The summed E-state index contributed by atoms with van der Waals surface area (Å²) in [6.45, 7) is 11.2. The lowest BCUT2D eigenvalue weighted by Crippen LogP contribution is -2.43. The molecule has 4 nitrogen and oxygen atoms in total. The minimum Gasteiger partial charge on any atom is -0.414 e. The normalized spacial score (nSPS) is 19.9. The smallest absolute Gasteiger partial charge is 0.264 e. The van der Waals surface area contributed by atoms with E-state index >= 15 is 0 Å². The molecule has 1 rings (SSSR count). The second kappa shape index (κ2) is 5.23. The summed E-state index contributed by atoms with van der Waals surface area (Å²) in [6.07, 6.45) is 2.89. The zero-order valence-corrected chi connectivity index (χ0v) is 14.1. The zero-order valence-electron chi connectivity index (χ0n) is 12.3. The average molecular weight is 294 g/mol. The van der Waals surface area contributed by atoms with E-state index in [1.54, 1.807) is 0 Å². The molecule has 0 aliphatic heterocycles. The molecular formula is C12H26O4SSi. The molecule has 18 heavy (non-hydrogen) atoms. The fraction of sp³-hybridized carbons (Fsp3) is 1.00. The van der Waals surface area contributed by atoms with Crippen molar-refractivity contribution in [3.63, 3.8) is 0 Å². The Morgan fingerprint density at radius 2 is 1.78 bits per heavy atom. The van der Waals surface area contributed by atoms with Gasteiger partial charge in [0.2, 0.25) is 0 Å². The van der Waals surface area contributed by atoms with Crippen molar-refractivity contribution in [2.24, 2.45) is 5.92 Å². The second-order valence-corrected chi connectivity index (χ2v) is 13.2. The van der Waals surface area contributed by atoms with Gasteiger partial charge in [-0.15, -0.1) is 0 Å². The van der Waals surface area contributed by atoms with Crippen molar-refractivity contribution in [1.82, 2.24) is 0 Å². The van der Waals surface area contributed by atoms with Crippen LogP contribution in [0.4, 0.5) is 0 Å². The third-order valence-corrected chi connectivity index (χ3v) is 8.96. The second-order valence-electron chi connectivity index (χ2n) is 6.75. The molecular weight excluding hydrogens is 268 g/mol. The average Bonchev–Trinajstić information content (AvgIpc) is 2.91. The van der Waals surface area contributed by atoms with E-state index in [1.165, 1.54) is 0 Å². The molecule has 1 aliphatic rings. The van der Waals surface area contributed by atoms with Gasteiger partial charge in [0.25, 0.3) is 10.1 Å². The summed E-state index contributed by atoms with van der Waals surface area (Å²) in [5.41, 5.74) is 0. The highest BCUT2D eigenvalue weighted by atomic mass is 32.2. The molecule has 0 spiro atoms. The zero-order chi connectivity index (χ0) is 14.2. The lowest BCUT2D eigenvalue weighted by atomic mass is 10.2. The summed E-state index contributed by atoms with van der Waals surface area (Å²) >= 11 is 0. The predicted octanol–water partition coefficient (Wildman–Crippen LogP) is 2.76. The maximum atomic E-state index is 11.2. The number of hydrogen-bond acceptors (Lipinski definition) is 4. The molecule has 0 aromatic rings. The lowest BCUT2D eigenvalue weighted by Gasteiger charge is -2.37. The van der Waals surface area contributed by atoms with Gasteiger partial charge >= 0.3 is 0 Å². The summed E-state index contributed by atoms with van der Waals surface area (Å²) in [4.78, 5) is 0. The highest BCUT2D eigenvalue weighted by Crippen LogP contribution is 2.39. The molecule has 1 unspecified atom stereocenters. The van der Waals surface area contributed by atoms with E-state index in [9.17, 15) is 8.42 Å². The molecule has 0 N–H and O–H groups in total. The van der Waals surface area contributed by atoms with Crippen molar-refractivity contribution in [2.45, 2.75) is 57.8 Å². The van der Waals surface area contributed by atoms with Crippen LogP contribution in [-0.2, 0) is 18.7 Å². The molecule has 1 fully saturated rings. The largest absolute Gasteiger partial charge is 0.414 e. The van der Waals surface area contributed by atoms with Gasteiger partial charge in [0.05, 0.1) is 12.9 Å². The van der Waals surface area contributed by atoms with Crippen LogP contribution in [-0.4, -0.2) is 35.7 Å². The van der Waals surface area contributed by atoms with Crippen LogP contribution in [0.1, 0.15) is 33.6 Å². The maximum absolute atomic E-state index is 11.2. The minimum atomic E-state index is -3.40. The maximum Gasteiger partial charge on any atom is 0.264 e. The summed E-state index contributed by atoms with van der Waals surface area (Å²) in [5.74, 6) is 0.351. The SMILES string of the molecule is CC(C)(C)[Si](C)(C)OCC(OS(C)(=O)=O)C1CC1. The Hall–Kier alpha value is 0.0869. The Kier molecular flexibility index (Phi) is 4.69. The predicted molar refractivity (Wildman–Crippen MR) is 75.6 cm³/mol. The topological polar surface area (TPSA) is 52.6 Å². The molecule has 0 heterocycles. The van der Waals surface area contributed by atoms with Gasteiger partial charge in [-0.2, -0.15) is 8.42 Å². The van der Waals surface area contributed by atoms with Crippen molar-refractivity contribution in [2.75, 3.05) is 12.9 Å². The van der Waals surface area contributed by atoms with E-state index < -0.39 is 18.4 Å². The third-order valence-electron chi connectivity index (χ3n) is 3.86. The quantitative estimate of drug-likeness (QED) is 0.558. The molecule has 0 radical (unpaired) electrons. The highest BCUT2D eigenvalue weighted by Gasteiger charge is 2.40. The Morgan fingerprint density at radius 1 is 1.28 bits per heavy atom. The summed E-state index contributed by atoms with van der Waals surface area (Å²) in [7, 11) is -5.23. The van der Waals surface area contributed by atoms with Gasteiger partial charge in [0.15, 0.2) is 8.32 Å². The van der Waals surface area contributed by atoms with Crippen LogP contribution in [0.25, 0.3) is 0 Å². The van der Waals surface area contributed by atoms with Crippen molar-refractivity contribution >= 4 is 18.4 Å². The van der Waals surface area contributed by atoms with Crippen LogP contribution in [0.3, 0.4) is 0 Å². The fourth-order valence-corrected chi connectivity index (χ4v) is 3.12. The van der Waals surface area contributed by atoms with Crippen molar-refractivity contribution in [1.29, 1.82) is 0 Å². The van der Waals surface area contributed by atoms with Crippen LogP contribution in [0.5, 0.6) is 0 Å². The minimum absolute atomic E-state index is 0.131. The first-order valence-corrected chi connectivity index (χ1v) is 11.2. The van der Waals surface area contributed by atoms with Crippen LogP contribution < -0.4 is 0 Å². The van der Waals surface area contributed by atoms with Crippen LogP contribution in [0, 0.1) is 5.92 Å². The molecule has 0 amide bonds. The molecule has 0 saturated heterocycles. The van der Waals surface area contributed by atoms with E-state index in [-0.39, 0.29) is 11.1 Å². The molecule has 1 saturated carbocycles. The van der Waals surface area contributed by atoms with Crippen molar-refractivity contribution in [3.05, 3.63) is 0 Å². The van der Waals surface area contributed by atoms with Crippen molar-refractivity contribution in [3.8, 4) is 0 Å². The first kappa shape index (κ1) is 16.1. The molecule has 0 aromatic carbocycles. The van der Waals surface area contributed by atoms with E-state index in [1.807, 2.05) is 0 Å². The molecule has 0 bridgehead atoms. The Morgan fingerprint density at radius 3 is 2.11 bits per heavy atom. The van der Waals surface area contributed by atoms with Crippen LogP contribution in [0.15, 0.2) is 0 Å². The molecule has 108 valence electrons. The van der Waals surface area contributed by atoms with Gasteiger partial charge in [-0.25, -0.2) is 0 Å².